The number of nitrogens with zero attached hydrogens (tertiary/aromatic N) is 8. The Morgan fingerprint density at radius 1 is 0.804 bits per heavy atom. The number of ether oxygens (including phenoxy) is 1. The average molecular weight is 663 g/mol. The van der Waals surface area contributed by atoms with Crippen LogP contribution in [0, 0.1) is 22.7 Å². The molecule has 1 amide bonds. The molecule has 4 rings (SSSR count). The smallest absolute Gasteiger partial charge is 0.361 e. The fourth-order valence-electron chi connectivity index (χ4n) is 3.55. The predicted molar refractivity (Wildman–Crippen MR) is 171 cm³/mol. The van der Waals surface area contributed by atoms with Crippen molar-refractivity contribution in [3.8, 4) is 12.1 Å². The van der Waals surface area contributed by atoms with Crippen molar-refractivity contribution < 1.29 is 14.3 Å². The molecule has 4 aromatic heterocycles. The Morgan fingerprint density at radius 2 is 1.24 bits per heavy atom. The van der Waals surface area contributed by atoms with Gasteiger partial charge in [-0.3, -0.25) is 4.79 Å². The monoisotopic (exact) mass is 661 g/mol. The molecule has 0 bridgehead atoms. The molecule has 0 aliphatic carbocycles. The Balaban J connectivity index is 0.000000251. The summed E-state index contributed by atoms with van der Waals surface area (Å²) < 4.78 is 4.95. The summed E-state index contributed by atoms with van der Waals surface area (Å²) in [4.78, 5) is 32.1. The van der Waals surface area contributed by atoms with Crippen molar-refractivity contribution in [2.75, 3.05) is 17.2 Å². The van der Waals surface area contributed by atoms with E-state index in [4.69, 9.17) is 33.7 Å². The van der Waals surface area contributed by atoms with E-state index in [1.807, 2.05) is 0 Å². The van der Waals surface area contributed by atoms with Gasteiger partial charge in [0.05, 0.1) is 52.3 Å². The molecule has 0 aliphatic heterocycles. The Bertz CT molecular complexity index is 1840. The van der Waals surface area contributed by atoms with Crippen molar-refractivity contribution in [2.24, 2.45) is 5.73 Å². The van der Waals surface area contributed by atoms with E-state index in [0.717, 1.165) is 0 Å². The van der Waals surface area contributed by atoms with E-state index in [9.17, 15) is 20.1 Å². The lowest BCUT2D eigenvalue weighted by Gasteiger charge is -2.16. The van der Waals surface area contributed by atoms with Gasteiger partial charge in [0.2, 0.25) is 0 Å². The van der Waals surface area contributed by atoms with Gasteiger partial charge >= 0.3 is 5.97 Å². The van der Waals surface area contributed by atoms with Crippen LogP contribution >= 0.6 is 23.2 Å². The maximum atomic E-state index is 12.0. The molecule has 0 radical (unpaired) electrons. The Morgan fingerprint density at radius 3 is 1.65 bits per heavy atom. The molecule has 14 nitrogen and oxygen atoms in total. The van der Waals surface area contributed by atoms with Crippen LogP contribution in [0.2, 0.25) is 10.3 Å². The summed E-state index contributed by atoms with van der Waals surface area (Å²) in [6.45, 7) is 8.98. The second kappa shape index (κ2) is 15.0. The molecule has 0 unspecified atom stereocenters. The van der Waals surface area contributed by atoms with E-state index in [-0.39, 0.29) is 28.3 Å². The maximum absolute atomic E-state index is 12.0. The number of nitrogens with one attached hydrogen (secondary N) is 2. The fourth-order valence-corrected chi connectivity index (χ4v) is 3.85. The number of carbonyl (C=O) groups excluding carboxylic acids is 2. The fraction of sp³-hybridized carbons (Fsp3) is 0.267. The Labute approximate surface area is 275 Å². The number of rotatable bonds is 9. The molecule has 4 N–H and O–H groups in total. The molecular weight excluding hydrogens is 633 g/mol. The van der Waals surface area contributed by atoms with Crippen LogP contribution in [0.15, 0.2) is 48.5 Å². The van der Waals surface area contributed by atoms with E-state index in [1.165, 1.54) is 12.1 Å². The number of anilines is 4. The molecule has 0 aliphatic rings. The lowest BCUT2D eigenvalue weighted by Crippen LogP contribution is -2.18. The third kappa shape index (κ3) is 9.04. The minimum Gasteiger partial charge on any atom is -0.461 e. The van der Waals surface area contributed by atoms with Gasteiger partial charge in [0.1, 0.15) is 11.6 Å². The third-order valence-corrected chi connectivity index (χ3v) is 6.46. The van der Waals surface area contributed by atoms with E-state index < -0.39 is 22.7 Å². The zero-order valence-corrected chi connectivity index (χ0v) is 27.0. The molecule has 236 valence electrons. The largest absolute Gasteiger partial charge is 0.461 e. The lowest BCUT2D eigenvalue weighted by molar-refractivity contribution is 0.0519. The first kappa shape index (κ1) is 35.0. The van der Waals surface area contributed by atoms with Crippen molar-refractivity contribution in [3.63, 3.8) is 0 Å². The Kier molecular flexibility index (Phi) is 11.4. The quantitative estimate of drug-likeness (QED) is 0.191. The molecule has 0 saturated heterocycles. The number of halogens is 2. The summed E-state index contributed by atoms with van der Waals surface area (Å²) in [5.74, 6) is -0.462. The van der Waals surface area contributed by atoms with Crippen LogP contribution in [0.4, 0.5) is 23.0 Å². The SMILES string of the molecule is CC(C)(C#N)c1cccc(Nc2cc(Cl)nnc2C(N)=O)n1.CCOC(=O)c1nnc(Cl)cc1Nc1cccc(C(C)(C)C#N)n1. The van der Waals surface area contributed by atoms with Gasteiger partial charge in [-0.25, -0.2) is 14.8 Å². The molecule has 4 aromatic rings. The van der Waals surface area contributed by atoms with Crippen LogP contribution in [0.1, 0.15) is 67.0 Å². The maximum Gasteiger partial charge on any atom is 0.361 e. The minimum atomic E-state index is -0.740. The number of aromatic nitrogens is 6. The summed E-state index contributed by atoms with van der Waals surface area (Å²) in [7, 11) is 0. The van der Waals surface area contributed by atoms with Crippen molar-refractivity contribution in [3.05, 3.63) is 81.6 Å². The summed E-state index contributed by atoms with van der Waals surface area (Å²) >= 11 is 11.6. The lowest BCUT2D eigenvalue weighted by atomic mass is 9.91. The first-order chi connectivity index (χ1) is 21.7. The highest BCUT2D eigenvalue weighted by Crippen LogP contribution is 2.26. The van der Waals surface area contributed by atoms with Crippen molar-refractivity contribution in [2.45, 2.75) is 45.4 Å². The number of hydrogen-bond acceptors (Lipinski definition) is 13. The highest BCUT2D eigenvalue weighted by atomic mass is 35.5. The second-order valence-corrected chi connectivity index (χ2v) is 11.3. The number of nitriles is 2. The van der Waals surface area contributed by atoms with E-state index in [2.05, 4.69) is 53.1 Å². The highest BCUT2D eigenvalue weighted by Gasteiger charge is 2.23. The first-order valence-electron chi connectivity index (χ1n) is 13.6. The number of nitrogens with two attached hydrogens (primary N) is 1. The number of esters is 1. The molecule has 0 aromatic carbocycles. The molecule has 0 fully saturated rings. The number of hydrogen-bond donors (Lipinski definition) is 3. The summed E-state index contributed by atoms with van der Waals surface area (Å²) in [6, 6.07) is 17.7. The Hall–Kier alpha value is -5.44. The summed E-state index contributed by atoms with van der Waals surface area (Å²) in [5, 5.41) is 39.2. The van der Waals surface area contributed by atoms with Crippen molar-refractivity contribution in [1.82, 2.24) is 30.4 Å². The van der Waals surface area contributed by atoms with Gasteiger partial charge in [0, 0.05) is 12.1 Å². The van der Waals surface area contributed by atoms with Crippen LogP contribution in [-0.4, -0.2) is 48.8 Å². The number of amides is 1. The summed E-state index contributed by atoms with van der Waals surface area (Å²) in [6.07, 6.45) is 0. The van der Waals surface area contributed by atoms with Gasteiger partial charge < -0.3 is 21.1 Å². The molecule has 0 spiro atoms. The zero-order chi connectivity index (χ0) is 34.1. The van der Waals surface area contributed by atoms with Crippen molar-refractivity contribution >= 4 is 58.1 Å². The molecule has 46 heavy (non-hydrogen) atoms. The van der Waals surface area contributed by atoms with E-state index in [0.29, 0.717) is 34.4 Å². The molecule has 16 heteroatoms. The van der Waals surface area contributed by atoms with Gasteiger partial charge in [0.15, 0.2) is 21.7 Å². The molecule has 0 saturated carbocycles. The summed E-state index contributed by atoms with van der Waals surface area (Å²) in [5.41, 5.74) is 5.55. The molecular formula is C30H29Cl2N11O3. The highest BCUT2D eigenvalue weighted by molar-refractivity contribution is 6.30. The molecule has 4 heterocycles. The van der Waals surface area contributed by atoms with Gasteiger partial charge in [-0.2, -0.15) is 10.5 Å². The number of primary amides is 1. The van der Waals surface area contributed by atoms with Crippen LogP contribution in [0.5, 0.6) is 0 Å². The number of pyridine rings is 2. The number of carbonyl (C=O) groups is 2. The second-order valence-electron chi connectivity index (χ2n) is 10.5. The zero-order valence-electron chi connectivity index (χ0n) is 25.5. The van der Waals surface area contributed by atoms with Gasteiger partial charge in [-0.1, -0.05) is 35.3 Å². The standard InChI is InChI=1S/C16H16ClN5O2.C14H13ClN6O/c1-4-24-15(23)14-10(8-12(17)21-22-14)19-13-7-5-6-11(20-13)16(2,3)9-18;1-14(2,7-16)9-4-3-5-11(19-9)18-8-6-10(15)20-21-12(8)13(17)22/h5-8H,4H2,1-3H3,(H,19,20,21);3-6H,1-2H3,(H2,17,22)(H,18,19,20). The normalized spacial score (nSPS) is 10.8. The minimum absolute atomic E-state index is 0.00740. The first-order valence-corrected chi connectivity index (χ1v) is 14.3. The predicted octanol–water partition coefficient (Wildman–Crippen LogP) is 5.42. The van der Waals surface area contributed by atoms with E-state index >= 15 is 0 Å². The van der Waals surface area contributed by atoms with Crippen LogP contribution in [0.3, 0.4) is 0 Å². The van der Waals surface area contributed by atoms with Crippen LogP contribution < -0.4 is 16.4 Å². The van der Waals surface area contributed by atoms with Crippen LogP contribution in [0.25, 0.3) is 0 Å². The van der Waals surface area contributed by atoms with Gasteiger partial charge in [-0.05, 0) is 58.9 Å². The van der Waals surface area contributed by atoms with Gasteiger partial charge in [-0.15, -0.1) is 20.4 Å². The van der Waals surface area contributed by atoms with E-state index in [1.54, 1.807) is 71.0 Å². The van der Waals surface area contributed by atoms with Crippen molar-refractivity contribution in [1.29, 1.82) is 10.5 Å². The third-order valence-electron chi connectivity index (χ3n) is 6.09. The molecule has 0 atom stereocenters. The van der Waals surface area contributed by atoms with Gasteiger partial charge in [0.25, 0.3) is 5.91 Å². The average Bonchev–Trinajstić information content (AvgIpc) is 3.01. The topological polar surface area (TPSA) is 218 Å². The van der Waals surface area contributed by atoms with Crippen LogP contribution in [-0.2, 0) is 15.6 Å².